The van der Waals surface area contributed by atoms with E-state index in [1.54, 1.807) is 0 Å². The Hall–Kier alpha value is -1.64. The van der Waals surface area contributed by atoms with E-state index in [0.29, 0.717) is 5.52 Å². The lowest BCUT2D eigenvalue weighted by atomic mass is 10.1. The van der Waals surface area contributed by atoms with E-state index in [9.17, 15) is 4.39 Å². The highest BCUT2D eigenvalue weighted by Crippen LogP contribution is 2.25. The van der Waals surface area contributed by atoms with Gasteiger partial charge in [-0.05, 0) is 37.6 Å². The molecule has 0 saturated carbocycles. The van der Waals surface area contributed by atoms with E-state index in [4.69, 9.17) is 0 Å². The van der Waals surface area contributed by atoms with E-state index < -0.39 is 0 Å². The molecule has 0 atom stereocenters. The Morgan fingerprint density at radius 3 is 2.60 bits per heavy atom. The summed E-state index contributed by atoms with van der Waals surface area (Å²) in [6.45, 7) is 3.74. The molecule has 2 nitrogen and oxygen atoms in total. The monoisotopic (exact) mass is 204 g/mol. The van der Waals surface area contributed by atoms with Crippen LogP contribution in [-0.4, -0.2) is 12.0 Å². The Labute approximate surface area is 88.1 Å². The van der Waals surface area contributed by atoms with Crippen molar-refractivity contribution in [2.45, 2.75) is 13.8 Å². The van der Waals surface area contributed by atoms with E-state index in [2.05, 4.69) is 10.3 Å². The van der Waals surface area contributed by atoms with Crippen LogP contribution in [0, 0.1) is 19.7 Å². The number of pyridine rings is 1. The van der Waals surface area contributed by atoms with Gasteiger partial charge in [0, 0.05) is 23.8 Å². The van der Waals surface area contributed by atoms with Crippen molar-refractivity contribution >= 4 is 16.6 Å². The van der Waals surface area contributed by atoms with Gasteiger partial charge < -0.3 is 5.32 Å². The Morgan fingerprint density at radius 1 is 1.20 bits per heavy atom. The van der Waals surface area contributed by atoms with Crippen LogP contribution in [0.3, 0.4) is 0 Å². The lowest BCUT2D eigenvalue weighted by Gasteiger charge is -2.08. The number of aromatic nitrogens is 1. The highest BCUT2D eigenvalue weighted by molar-refractivity contribution is 5.92. The zero-order valence-electron chi connectivity index (χ0n) is 9.06. The molecule has 0 aliphatic carbocycles. The van der Waals surface area contributed by atoms with Gasteiger partial charge in [-0.3, -0.25) is 0 Å². The third kappa shape index (κ3) is 1.65. The molecule has 0 aliphatic rings. The lowest BCUT2D eigenvalue weighted by molar-refractivity contribution is 0.635. The molecule has 0 unspecified atom stereocenters. The number of hydrogen-bond donors (Lipinski definition) is 1. The summed E-state index contributed by atoms with van der Waals surface area (Å²) in [6, 6.07) is 5.37. The molecule has 1 N–H and O–H groups in total. The SMILES string of the molecule is CNc1cc(C)nc2c(F)cc(C)cc12. The molecule has 0 fully saturated rings. The lowest BCUT2D eigenvalue weighted by Crippen LogP contribution is -1.96. The van der Waals surface area contributed by atoms with Crippen LogP contribution in [0.2, 0.25) is 0 Å². The summed E-state index contributed by atoms with van der Waals surface area (Å²) < 4.78 is 13.7. The summed E-state index contributed by atoms with van der Waals surface area (Å²) >= 11 is 0. The number of aryl methyl sites for hydroxylation is 2. The molecule has 0 spiro atoms. The number of benzene rings is 1. The molecule has 2 aromatic rings. The van der Waals surface area contributed by atoms with Gasteiger partial charge in [-0.2, -0.15) is 0 Å². The van der Waals surface area contributed by atoms with Gasteiger partial charge in [0.1, 0.15) is 11.3 Å². The zero-order chi connectivity index (χ0) is 11.0. The molecular formula is C12H13FN2. The average Bonchev–Trinajstić information content (AvgIpc) is 2.18. The van der Waals surface area contributed by atoms with Crippen molar-refractivity contribution < 1.29 is 4.39 Å². The first-order valence-corrected chi connectivity index (χ1v) is 4.87. The minimum absolute atomic E-state index is 0.259. The van der Waals surface area contributed by atoms with Gasteiger partial charge in [-0.15, -0.1) is 0 Å². The summed E-state index contributed by atoms with van der Waals surface area (Å²) in [5, 5.41) is 3.89. The van der Waals surface area contributed by atoms with Gasteiger partial charge in [0.2, 0.25) is 0 Å². The highest BCUT2D eigenvalue weighted by atomic mass is 19.1. The Kier molecular flexibility index (Phi) is 2.31. The Balaban J connectivity index is 2.89. The maximum absolute atomic E-state index is 13.7. The van der Waals surface area contributed by atoms with Crippen molar-refractivity contribution in [1.82, 2.24) is 4.98 Å². The van der Waals surface area contributed by atoms with Crippen LogP contribution in [0.4, 0.5) is 10.1 Å². The Morgan fingerprint density at radius 2 is 1.93 bits per heavy atom. The smallest absolute Gasteiger partial charge is 0.149 e. The molecule has 78 valence electrons. The molecule has 0 radical (unpaired) electrons. The summed E-state index contributed by atoms with van der Waals surface area (Å²) in [5.74, 6) is -0.259. The molecule has 1 heterocycles. The Bertz CT molecular complexity index is 521. The molecule has 0 amide bonds. The van der Waals surface area contributed by atoms with Crippen LogP contribution in [0.1, 0.15) is 11.3 Å². The number of fused-ring (bicyclic) bond motifs is 1. The van der Waals surface area contributed by atoms with Crippen LogP contribution >= 0.6 is 0 Å². The molecule has 1 aromatic heterocycles. The van der Waals surface area contributed by atoms with Crippen molar-refractivity contribution in [3.05, 3.63) is 35.3 Å². The number of rotatable bonds is 1. The van der Waals surface area contributed by atoms with Crippen molar-refractivity contribution in [1.29, 1.82) is 0 Å². The molecule has 3 heteroatoms. The van der Waals surface area contributed by atoms with Crippen molar-refractivity contribution in [3.63, 3.8) is 0 Å². The van der Waals surface area contributed by atoms with Gasteiger partial charge in [0.25, 0.3) is 0 Å². The fourth-order valence-electron chi connectivity index (χ4n) is 1.76. The number of anilines is 1. The van der Waals surface area contributed by atoms with Crippen molar-refractivity contribution in [3.8, 4) is 0 Å². The highest BCUT2D eigenvalue weighted by Gasteiger charge is 2.07. The average molecular weight is 204 g/mol. The quantitative estimate of drug-likeness (QED) is 0.772. The van der Waals surface area contributed by atoms with Crippen LogP contribution in [-0.2, 0) is 0 Å². The standard InChI is InChI=1S/C12H13FN2/c1-7-4-9-11(14-3)6-8(2)15-12(9)10(13)5-7/h4-6H,1-3H3,(H,14,15). The number of halogens is 1. The minimum Gasteiger partial charge on any atom is -0.388 e. The van der Waals surface area contributed by atoms with E-state index >= 15 is 0 Å². The fraction of sp³-hybridized carbons (Fsp3) is 0.250. The first-order chi connectivity index (χ1) is 7.11. The second-order valence-electron chi connectivity index (χ2n) is 3.70. The van der Waals surface area contributed by atoms with E-state index in [1.807, 2.05) is 33.0 Å². The second-order valence-corrected chi connectivity index (χ2v) is 3.70. The van der Waals surface area contributed by atoms with Gasteiger partial charge in [0.05, 0.1) is 0 Å². The van der Waals surface area contributed by atoms with E-state index in [-0.39, 0.29) is 5.82 Å². The zero-order valence-corrected chi connectivity index (χ0v) is 9.06. The van der Waals surface area contributed by atoms with Crippen LogP contribution in [0.15, 0.2) is 18.2 Å². The minimum atomic E-state index is -0.259. The van der Waals surface area contributed by atoms with E-state index in [0.717, 1.165) is 22.3 Å². The predicted octanol–water partition coefficient (Wildman–Crippen LogP) is 3.03. The largest absolute Gasteiger partial charge is 0.388 e. The predicted molar refractivity (Wildman–Crippen MR) is 60.7 cm³/mol. The first-order valence-electron chi connectivity index (χ1n) is 4.87. The number of nitrogens with zero attached hydrogens (tertiary/aromatic N) is 1. The topological polar surface area (TPSA) is 24.9 Å². The van der Waals surface area contributed by atoms with Gasteiger partial charge >= 0.3 is 0 Å². The van der Waals surface area contributed by atoms with Crippen molar-refractivity contribution in [2.75, 3.05) is 12.4 Å². The first kappa shape index (κ1) is 9.90. The van der Waals surface area contributed by atoms with Gasteiger partial charge in [-0.1, -0.05) is 0 Å². The fourth-order valence-corrected chi connectivity index (χ4v) is 1.76. The molecule has 2 rings (SSSR count). The van der Waals surface area contributed by atoms with Crippen molar-refractivity contribution in [2.24, 2.45) is 0 Å². The second kappa shape index (κ2) is 3.50. The number of nitrogens with one attached hydrogen (secondary N) is 1. The van der Waals surface area contributed by atoms with Crippen LogP contribution in [0.25, 0.3) is 10.9 Å². The maximum Gasteiger partial charge on any atom is 0.149 e. The molecular weight excluding hydrogens is 191 g/mol. The molecule has 15 heavy (non-hydrogen) atoms. The molecule has 0 bridgehead atoms. The third-order valence-electron chi connectivity index (χ3n) is 2.41. The maximum atomic E-state index is 13.7. The van der Waals surface area contributed by atoms with Gasteiger partial charge in [-0.25, -0.2) is 9.37 Å². The normalized spacial score (nSPS) is 10.7. The summed E-state index contributed by atoms with van der Waals surface area (Å²) in [5.41, 5.74) is 3.07. The molecule has 0 aliphatic heterocycles. The third-order valence-corrected chi connectivity index (χ3v) is 2.41. The molecule has 0 saturated heterocycles. The summed E-state index contributed by atoms with van der Waals surface area (Å²) in [6.07, 6.45) is 0. The number of hydrogen-bond acceptors (Lipinski definition) is 2. The van der Waals surface area contributed by atoms with Crippen LogP contribution < -0.4 is 5.32 Å². The van der Waals surface area contributed by atoms with Gasteiger partial charge in [0.15, 0.2) is 0 Å². The summed E-state index contributed by atoms with van der Waals surface area (Å²) in [4.78, 5) is 4.21. The summed E-state index contributed by atoms with van der Waals surface area (Å²) in [7, 11) is 1.83. The van der Waals surface area contributed by atoms with Crippen LogP contribution in [0.5, 0.6) is 0 Å². The van der Waals surface area contributed by atoms with E-state index in [1.165, 1.54) is 6.07 Å². The molecule has 1 aromatic carbocycles.